The van der Waals surface area contributed by atoms with Gasteiger partial charge in [0.05, 0.1) is 19.3 Å². The zero-order chi connectivity index (χ0) is 16.3. The number of hydrogen-bond donors (Lipinski definition) is 0. The number of aryl methyl sites for hydroxylation is 1. The number of rotatable bonds is 4. The predicted octanol–water partition coefficient (Wildman–Crippen LogP) is 3.97. The molecule has 0 spiro atoms. The lowest BCUT2D eigenvalue weighted by atomic mass is 9.98. The highest BCUT2D eigenvalue weighted by Crippen LogP contribution is 2.34. The Balaban J connectivity index is 2.54. The minimum atomic E-state index is -0.352. The van der Waals surface area contributed by atoms with Crippen molar-refractivity contribution in [2.75, 3.05) is 21.3 Å². The van der Waals surface area contributed by atoms with Crippen molar-refractivity contribution in [3.05, 3.63) is 39.4 Å². The molecule has 0 radical (unpaired) electrons. The van der Waals surface area contributed by atoms with Crippen molar-refractivity contribution in [1.29, 1.82) is 0 Å². The molecule has 4 nitrogen and oxygen atoms in total. The van der Waals surface area contributed by atoms with Gasteiger partial charge in [-0.15, -0.1) is 0 Å². The number of nitrogens with zero attached hydrogens (tertiary/aromatic N) is 1. The maximum absolute atomic E-state index is 6.19. The minimum Gasteiger partial charge on any atom is -0.493 e. The van der Waals surface area contributed by atoms with Crippen LogP contribution < -0.4 is 9.47 Å². The summed E-state index contributed by atoms with van der Waals surface area (Å²) in [6, 6.07) is 3.88. The van der Waals surface area contributed by atoms with Crippen LogP contribution in [0.4, 0.5) is 0 Å². The zero-order valence-corrected chi connectivity index (χ0v) is 14.2. The molecular formula is C17H20ClNO3. The summed E-state index contributed by atoms with van der Waals surface area (Å²) in [5, 5.41) is 0.623. The number of benzene rings is 1. The van der Waals surface area contributed by atoms with Crippen LogP contribution in [0, 0.1) is 6.92 Å². The van der Waals surface area contributed by atoms with E-state index in [0.717, 1.165) is 22.3 Å². The summed E-state index contributed by atoms with van der Waals surface area (Å²) < 4.78 is 16.1. The first-order valence-corrected chi connectivity index (χ1v) is 7.26. The van der Waals surface area contributed by atoms with Crippen molar-refractivity contribution < 1.29 is 14.2 Å². The van der Waals surface area contributed by atoms with Crippen molar-refractivity contribution in [1.82, 2.24) is 0 Å². The van der Waals surface area contributed by atoms with Gasteiger partial charge in [-0.1, -0.05) is 11.6 Å². The maximum Gasteiger partial charge on any atom is 0.174 e. The van der Waals surface area contributed by atoms with Gasteiger partial charge in [-0.05, 0) is 48.8 Å². The van der Waals surface area contributed by atoms with Gasteiger partial charge in [-0.25, -0.2) is 0 Å². The third kappa shape index (κ3) is 3.18. The average Bonchev–Trinajstić information content (AvgIpc) is 2.53. The van der Waals surface area contributed by atoms with E-state index in [0.29, 0.717) is 16.5 Å². The Labute approximate surface area is 136 Å². The summed E-state index contributed by atoms with van der Waals surface area (Å²) in [5.41, 5.74) is 3.97. The third-order valence-electron chi connectivity index (χ3n) is 3.69. The van der Waals surface area contributed by atoms with Gasteiger partial charge >= 0.3 is 0 Å². The van der Waals surface area contributed by atoms with E-state index in [1.807, 2.05) is 32.1 Å². The molecule has 0 aromatic heterocycles. The predicted molar refractivity (Wildman–Crippen MR) is 90.1 cm³/mol. The van der Waals surface area contributed by atoms with Crippen LogP contribution in [0.2, 0.25) is 0 Å². The number of hydrogen-bond acceptors (Lipinski definition) is 4. The molecule has 1 aromatic rings. The molecule has 0 aliphatic carbocycles. The van der Waals surface area contributed by atoms with Gasteiger partial charge in [-0.3, -0.25) is 4.99 Å². The van der Waals surface area contributed by atoms with Crippen LogP contribution in [0.5, 0.6) is 11.5 Å². The fraction of sp³-hybridized carbons (Fsp3) is 0.353. The quantitative estimate of drug-likeness (QED) is 0.842. The molecule has 118 valence electrons. The van der Waals surface area contributed by atoms with Crippen molar-refractivity contribution in [2.45, 2.75) is 20.1 Å². The topological polar surface area (TPSA) is 40.0 Å². The zero-order valence-electron chi connectivity index (χ0n) is 13.4. The van der Waals surface area contributed by atoms with Gasteiger partial charge in [0.15, 0.2) is 17.7 Å². The fourth-order valence-electron chi connectivity index (χ4n) is 2.32. The number of methoxy groups -OCH3 is 3. The highest BCUT2D eigenvalue weighted by molar-refractivity contribution is 6.40. The van der Waals surface area contributed by atoms with Gasteiger partial charge in [0, 0.05) is 18.9 Å². The maximum atomic E-state index is 6.19. The first-order chi connectivity index (χ1) is 10.5. The number of allylic oxidation sites excluding steroid dienone is 1. The van der Waals surface area contributed by atoms with E-state index in [1.54, 1.807) is 27.5 Å². The fourth-order valence-corrected chi connectivity index (χ4v) is 2.49. The van der Waals surface area contributed by atoms with E-state index in [4.69, 9.17) is 25.8 Å². The molecule has 1 unspecified atom stereocenters. The average molecular weight is 322 g/mol. The van der Waals surface area contributed by atoms with Crippen LogP contribution in [-0.4, -0.2) is 33.8 Å². The first kappa shape index (κ1) is 16.6. The van der Waals surface area contributed by atoms with E-state index >= 15 is 0 Å². The van der Waals surface area contributed by atoms with Crippen LogP contribution in [0.1, 0.15) is 18.1 Å². The number of dihydropyridines is 1. The summed E-state index contributed by atoms with van der Waals surface area (Å²) in [5.74, 6) is 1.39. The van der Waals surface area contributed by atoms with E-state index in [2.05, 4.69) is 4.99 Å². The Morgan fingerprint density at radius 2 is 1.73 bits per heavy atom. The Hall–Kier alpha value is -1.78. The van der Waals surface area contributed by atoms with E-state index < -0.39 is 0 Å². The molecule has 1 heterocycles. The molecule has 1 aromatic carbocycles. The van der Waals surface area contributed by atoms with Crippen molar-refractivity contribution in [3.8, 4) is 11.5 Å². The SMILES string of the molecule is COc1cc(C)c(C=C2C(C)=C(Cl)C=NC2OC)cc1OC. The van der Waals surface area contributed by atoms with E-state index in [1.165, 1.54) is 0 Å². The summed E-state index contributed by atoms with van der Waals surface area (Å²) in [7, 11) is 4.87. The monoisotopic (exact) mass is 321 g/mol. The number of aliphatic imine (C=N–C) groups is 1. The third-order valence-corrected chi connectivity index (χ3v) is 4.07. The van der Waals surface area contributed by atoms with Crippen LogP contribution in [0.3, 0.4) is 0 Å². The molecule has 1 aliphatic heterocycles. The molecule has 5 heteroatoms. The van der Waals surface area contributed by atoms with Crippen molar-refractivity contribution in [3.63, 3.8) is 0 Å². The summed E-state index contributed by atoms with van der Waals surface area (Å²) >= 11 is 6.19. The second-order valence-electron chi connectivity index (χ2n) is 5.00. The lowest BCUT2D eigenvalue weighted by Crippen LogP contribution is -2.16. The Kier molecular flexibility index (Phi) is 5.27. The summed E-state index contributed by atoms with van der Waals surface area (Å²) in [6.45, 7) is 3.98. The minimum absolute atomic E-state index is 0.352. The molecular weight excluding hydrogens is 302 g/mol. The smallest absolute Gasteiger partial charge is 0.174 e. The van der Waals surface area contributed by atoms with Crippen molar-refractivity contribution in [2.24, 2.45) is 4.99 Å². The molecule has 0 fully saturated rings. The standard InChI is InChI=1S/C17H20ClNO3/c1-10-6-15(20-3)16(21-4)8-12(10)7-13-11(2)14(18)9-19-17(13)22-5/h6-9,17H,1-5H3. The molecule has 1 atom stereocenters. The second-order valence-corrected chi connectivity index (χ2v) is 5.41. The lowest BCUT2D eigenvalue weighted by molar-refractivity contribution is 0.141. The van der Waals surface area contributed by atoms with Crippen LogP contribution in [-0.2, 0) is 4.74 Å². The molecule has 2 rings (SSSR count). The highest BCUT2D eigenvalue weighted by atomic mass is 35.5. The first-order valence-electron chi connectivity index (χ1n) is 6.88. The number of halogens is 1. The number of ether oxygens (including phenoxy) is 3. The Morgan fingerprint density at radius 3 is 2.32 bits per heavy atom. The Morgan fingerprint density at radius 1 is 1.09 bits per heavy atom. The van der Waals surface area contributed by atoms with Gasteiger partial charge in [-0.2, -0.15) is 0 Å². The highest BCUT2D eigenvalue weighted by Gasteiger charge is 2.20. The summed E-state index contributed by atoms with van der Waals surface area (Å²) in [4.78, 5) is 4.30. The van der Waals surface area contributed by atoms with E-state index in [-0.39, 0.29) is 6.23 Å². The lowest BCUT2D eigenvalue weighted by Gasteiger charge is -2.21. The molecule has 0 amide bonds. The van der Waals surface area contributed by atoms with E-state index in [9.17, 15) is 0 Å². The van der Waals surface area contributed by atoms with Crippen LogP contribution >= 0.6 is 11.6 Å². The molecule has 0 saturated carbocycles. The van der Waals surface area contributed by atoms with Crippen molar-refractivity contribution >= 4 is 23.9 Å². The van der Waals surface area contributed by atoms with Gasteiger partial charge in [0.25, 0.3) is 0 Å². The van der Waals surface area contributed by atoms with Gasteiger partial charge in [0.1, 0.15) is 0 Å². The second kappa shape index (κ2) is 6.99. The van der Waals surface area contributed by atoms with Crippen LogP contribution in [0.15, 0.2) is 33.3 Å². The largest absolute Gasteiger partial charge is 0.493 e. The molecule has 0 bridgehead atoms. The van der Waals surface area contributed by atoms with Crippen LogP contribution in [0.25, 0.3) is 6.08 Å². The molecule has 0 N–H and O–H groups in total. The van der Waals surface area contributed by atoms with Gasteiger partial charge in [0.2, 0.25) is 0 Å². The summed E-state index contributed by atoms with van der Waals surface area (Å²) in [6.07, 6.45) is 3.30. The van der Waals surface area contributed by atoms with Gasteiger partial charge < -0.3 is 14.2 Å². The molecule has 0 saturated heterocycles. The molecule has 1 aliphatic rings. The molecule has 22 heavy (non-hydrogen) atoms. The Bertz CT molecular complexity index is 662. The normalized spacial score (nSPS) is 19.7.